The van der Waals surface area contributed by atoms with Crippen LogP contribution < -0.4 is 10.5 Å². The standard InChI is InChI=1S/C12H15N3O/c1-9(15-12(13)6-7-14-15)10-4-3-5-11(8-10)16-2/h3-9H,13H2,1-2H3/t9-/m1/s1. The molecule has 0 fully saturated rings. The SMILES string of the molecule is COc1cccc([C@@H](C)n2nccc2N)c1. The second kappa shape index (κ2) is 4.26. The van der Waals surface area contributed by atoms with Crippen LogP contribution in [0.1, 0.15) is 18.5 Å². The summed E-state index contributed by atoms with van der Waals surface area (Å²) in [5.41, 5.74) is 6.94. The lowest BCUT2D eigenvalue weighted by molar-refractivity contribution is 0.413. The van der Waals surface area contributed by atoms with Crippen LogP contribution in [0.5, 0.6) is 5.75 Å². The summed E-state index contributed by atoms with van der Waals surface area (Å²) in [6.07, 6.45) is 1.70. The normalized spacial score (nSPS) is 12.4. The number of hydrogen-bond acceptors (Lipinski definition) is 3. The van der Waals surface area contributed by atoms with E-state index >= 15 is 0 Å². The average Bonchev–Trinajstić information content (AvgIpc) is 2.74. The van der Waals surface area contributed by atoms with Gasteiger partial charge in [0.2, 0.25) is 0 Å². The van der Waals surface area contributed by atoms with E-state index in [9.17, 15) is 0 Å². The highest BCUT2D eigenvalue weighted by molar-refractivity contribution is 5.34. The molecule has 0 bridgehead atoms. The fourth-order valence-electron chi connectivity index (χ4n) is 1.69. The van der Waals surface area contributed by atoms with Crippen LogP contribution in [0.2, 0.25) is 0 Å². The molecule has 0 aliphatic carbocycles. The summed E-state index contributed by atoms with van der Waals surface area (Å²) < 4.78 is 6.98. The Kier molecular flexibility index (Phi) is 2.81. The van der Waals surface area contributed by atoms with Gasteiger partial charge in [-0.1, -0.05) is 12.1 Å². The van der Waals surface area contributed by atoms with Crippen molar-refractivity contribution in [1.82, 2.24) is 9.78 Å². The van der Waals surface area contributed by atoms with E-state index in [0.29, 0.717) is 5.82 Å². The fourth-order valence-corrected chi connectivity index (χ4v) is 1.69. The summed E-state index contributed by atoms with van der Waals surface area (Å²) in [6.45, 7) is 2.05. The zero-order chi connectivity index (χ0) is 11.5. The van der Waals surface area contributed by atoms with Gasteiger partial charge in [-0.25, -0.2) is 4.68 Å². The van der Waals surface area contributed by atoms with Gasteiger partial charge in [-0.15, -0.1) is 0 Å². The van der Waals surface area contributed by atoms with Crippen molar-refractivity contribution in [2.75, 3.05) is 12.8 Å². The Labute approximate surface area is 94.6 Å². The van der Waals surface area contributed by atoms with Crippen molar-refractivity contribution in [3.63, 3.8) is 0 Å². The van der Waals surface area contributed by atoms with E-state index in [0.717, 1.165) is 11.3 Å². The molecule has 2 rings (SSSR count). The van der Waals surface area contributed by atoms with E-state index in [-0.39, 0.29) is 6.04 Å². The maximum absolute atomic E-state index is 5.82. The minimum Gasteiger partial charge on any atom is -0.497 e. The number of benzene rings is 1. The number of anilines is 1. The van der Waals surface area contributed by atoms with Crippen molar-refractivity contribution in [2.24, 2.45) is 0 Å². The van der Waals surface area contributed by atoms with Gasteiger partial charge in [0.05, 0.1) is 19.3 Å². The van der Waals surface area contributed by atoms with Crippen molar-refractivity contribution in [1.29, 1.82) is 0 Å². The highest BCUT2D eigenvalue weighted by Gasteiger charge is 2.11. The van der Waals surface area contributed by atoms with Crippen LogP contribution in [-0.2, 0) is 0 Å². The Morgan fingerprint density at radius 1 is 1.38 bits per heavy atom. The molecule has 16 heavy (non-hydrogen) atoms. The molecule has 0 radical (unpaired) electrons. The second-order valence-corrected chi connectivity index (χ2v) is 3.65. The molecule has 1 aromatic carbocycles. The minimum absolute atomic E-state index is 0.102. The molecule has 1 atom stereocenters. The summed E-state index contributed by atoms with van der Waals surface area (Å²) in [4.78, 5) is 0. The van der Waals surface area contributed by atoms with Gasteiger partial charge in [-0.05, 0) is 30.7 Å². The average molecular weight is 217 g/mol. The number of hydrogen-bond donors (Lipinski definition) is 1. The Balaban J connectivity index is 2.33. The first-order valence-electron chi connectivity index (χ1n) is 5.15. The first kappa shape index (κ1) is 10.5. The van der Waals surface area contributed by atoms with E-state index < -0.39 is 0 Å². The van der Waals surface area contributed by atoms with Crippen LogP contribution in [0.15, 0.2) is 36.5 Å². The number of nitrogens with zero attached hydrogens (tertiary/aromatic N) is 2. The lowest BCUT2D eigenvalue weighted by atomic mass is 10.1. The first-order valence-corrected chi connectivity index (χ1v) is 5.15. The van der Waals surface area contributed by atoms with E-state index in [2.05, 4.69) is 12.0 Å². The Morgan fingerprint density at radius 2 is 2.19 bits per heavy atom. The lowest BCUT2D eigenvalue weighted by Gasteiger charge is -2.15. The Bertz CT molecular complexity index is 479. The number of methoxy groups -OCH3 is 1. The van der Waals surface area contributed by atoms with Crippen molar-refractivity contribution in [3.8, 4) is 5.75 Å². The molecule has 0 saturated heterocycles. The van der Waals surface area contributed by atoms with Crippen LogP contribution in [0.3, 0.4) is 0 Å². The molecule has 4 heteroatoms. The lowest BCUT2D eigenvalue weighted by Crippen LogP contribution is -2.11. The highest BCUT2D eigenvalue weighted by Crippen LogP contribution is 2.23. The summed E-state index contributed by atoms with van der Waals surface area (Å²) in [7, 11) is 1.66. The smallest absolute Gasteiger partial charge is 0.122 e. The van der Waals surface area contributed by atoms with Crippen molar-refractivity contribution >= 4 is 5.82 Å². The van der Waals surface area contributed by atoms with Gasteiger partial charge < -0.3 is 10.5 Å². The van der Waals surface area contributed by atoms with Gasteiger partial charge in [0.1, 0.15) is 11.6 Å². The largest absolute Gasteiger partial charge is 0.497 e. The second-order valence-electron chi connectivity index (χ2n) is 3.65. The third-order valence-electron chi connectivity index (χ3n) is 2.64. The van der Waals surface area contributed by atoms with Gasteiger partial charge in [0, 0.05) is 0 Å². The Morgan fingerprint density at radius 3 is 2.81 bits per heavy atom. The van der Waals surface area contributed by atoms with Crippen LogP contribution in [0, 0.1) is 0 Å². The van der Waals surface area contributed by atoms with E-state index in [4.69, 9.17) is 10.5 Å². The quantitative estimate of drug-likeness (QED) is 0.856. The fraction of sp³-hybridized carbons (Fsp3) is 0.250. The molecular formula is C12H15N3O. The zero-order valence-corrected chi connectivity index (χ0v) is 9.42. The summed E-state index contributed by atoms with van der Waals surface area (Å²) in [6, 6.07) is 9.80. The van der Waals surface area contributed by atoms with Crippen LogP contribution in [0.25, 0.3) is 0 Å². The van der Waals surface area contributed by atoms with Crippen molar-refractivity contribution < 1.29 is 4.74 Å². The predicted octanol–water partition coefficient (Wildman–Crippen LogP) is 2.08. The van der Waals surface area contributed by atoms with E-state index in [1.54, 1.807) is 24.1 Å². The van der Waals surface area contributed by atoms with E-state index in [1.165, 1.54) is 0 Å². The number of ether oxygens (including phenoxy) is 1. The molecule has 0 spiro atoms. The molecule has 84 valence electrons. The zero-order valence-electron chi connectivity index (χ0n) is 9.42. The van der Waals surface area contributed by atoms with Crippen molar-refractivity contribution in [2.45, 2.75) is 13.0 Å². The molecule has 0 amide bonds. The molecule has 2 aromatic rings. The highest BCUT2D eigenvalue weighted by atomic mass is 16.5. The molecule has 0 aliphatic rings. The molecular weight excluding hydrogens is 202 g/mol. The maximum atomic E-state index is 5.82. The third-order valence-corrected chi connectivity index (χ3v) is 2.64. The monoisotopic (exact) mass is 217 g/mol. The van der Waals surface area contributed by atoms with Gasteiger partial charge >= 0.3 is 0 Å². The van der Waals surface area contributed by atoms with E-state index in [1.807, 2.05) is 24.3 Å². The summed E-state index contributed by atoms with van der Waals surface area (Å²) >= 11 is 0. The predicted molar refractivity (Wildman–Crippen MR) is 63.4 cm³/mol. The molecule has 0 saturated carbocycles. The summed E-state index contributed by atoms with van der Waals surface area (Å²) in [5, 5.41) is 4.20. The topological polar surface area (TPSA) is 53.1 Å². The number of rotatable bonds is 3. The molecule has 0 unspecified atom stereocenters. The molecule has 0 aliphatic heterocycles. The molecule has 1 heterocycles. The van der Waals surface area contributed by atoms with Crippen molar-refractivity contribution in [3.05, 3.63) is 42.1 Å². The number of nitrogen functional groups attached to an aromatic ring is 1. The summed E-state index contributed by atoms with van der Waals surface area (Å²) in [5.74, 6) is 1.50. The van der Waals surface area contributed by atoms with Gasteiger partial charge in [-0.2, -0.15) is 5.10 Å². The molecule has 1 aromatic heterocycles. The third kappa shape index (κ3) is 1.86. The van der Waals surface area contributed by atoms with Gasteiger partial charge in [0.25, 0.3) is 0 Å². The van der Waals surface area contributed by atoms with Crippen LogP contribution in [-0.4, -0.2) is 16.9 Å². The van der Waals surface area contributed by atoms with Crippen LogP contribution >= 0.6 is 0 Å². The minimum atomic E-state index is 0.102. The number of aromatic nitrogens is 2. The Hall–Kier alpha value is -1.97. The van der Waals surface area contributed by atoms with Gasteiger partial charge in [0.15, 0.2) is 0 Å². The number of nitrogens with two attached hydrogens (primary N) is 1. The van der Waals surface area contributed by atoms with Crippen LogP contribution in [0.4, 0.5) is 5.82 Å². The maximum Gasteiger partial charge on any atom is 0.122 e. The van der Waals surface area contributed by atoms with Gasteiger partial charge in [-0.3, -0.25) is 0 Å². The first-order chi connectivity index (χ1) is 7.72. The molecule has 4 nitrogen and oxygen atoms in total. The molecule has 2 N–H and O–H groups in total.